The molecule has 1 aromatic carbocycles. The van der Waals surface area contributed by atoms with Crippen LogP contribution >= 0.6 is 11.3 Å². The van der Waals surface area contributed by atoms with Crippen LogP contribution in [0.5, 0.6) is 5.75 Å². The van der Waals surface area contributed by atoms with Crippen molar-refractivity contribution in [2.24, 2.45) is 11.7 Å². The number of aryl methyl sites for hydroxylation is 1. The number of amides is 2. The van der Waals surface area contributed by atoms with Gasteiger partial charge in [-0.25, -0.2) is 5.01 Å². The molecule has 2 amide bonds. The molecule has 2 fully saturated rings. The van der Waals surface area contributed by atoms with Crippen LogP contribution in [0.15, 0.2) is 12.1 Å². The number of hydrogen-bond donors (Lipinski definition) is 3. The molecule has 1 aliphatic carbocycles. The Bertz CT molecular complexity index is 949. The normalized spacial score (nSPS) is 17.8. The van der Waals surface area contributed by atoms with E-state index >= 15 is 0 Å². The Hall–Kier alpha value is -2.36. The molecule has 2 heterocycles. The summed E-state index contributed by atoms with van der Waals surface area (Å²) < 4.78 is 12.4. The van der Waals surface area contributed by atoms with Gasteiger partial charge in [0.15, 0.2) is 0 Å². The van der Waals surface area contributed by atoms with Crippen molar-refractivity contribution in [2.75, 3.05) is 38.6 Å². The molecule has 1 saturated heterocycles. The lowest BCUT2D eigenvalue weighted by molar-refractivity contribution is -0.127. The highest BCUT2D eigenvalue weighted by molar-refractivity contribution is 7.21. The number of carbonyl (C=O) groups excluding carboxylic acids is 2. The van der Waals surface area contributed by atoms with Crippen LogP contribution in [0, 0.1) is 5.92 Å². The van der Waals surface area contributed by atoms with Crippen molar-refractivity contribution in [3.05, 3.63) is 22.6 Å². The molecule has 4 rings (SSSR count). The monoisotopic (exact) mass is 446 g/mol. The highest BCUT2D eigenvalue weighted by Gasteiger charge is 2.21. The quantitative estimate of drug-likeness (QED) is 0.573. The van der Waals surface area contributed by atoms with Crippen LogP contribution in [0.3, 0.4) is 0 Å². The zero-order valence-electron chi connectivity index (χ0n) is 17.7. The van der Waals surface area contributed by atoms with Gasteiger partial charge in [-0.2, -0.15) is 0 Å². The number of nitrogens with zero attached hydrogens (tertiary/aromatic N) is 1. The highest BCUT2D eigenvalue weighted by atomic mass is 32.1. The Kier molecular flexibility index (Phi) is 6.94. The molecule has 2 aliphatic rings. The minimum Gasteiger partial charge on any atom is -0.493 e. The molecule has 0 atom stereocenters. The van der Waals surface area contributed by atoms with Gasteiger partial charge in [0.05, 0.1) is 30.9 Å². The third-order valence-electron chi connectivity index (χ3n) is 5.96. The smallest absolute Gasteiger partial charge is 0.260 e. The molecular weight excluding hydrogens is 416 g/mol. The van der Waals surface area contributed by atoms with Gasteiger partial charge in [-0.15, -0.1) is 11.3 Å². The van der Waals surface area contributed by atoms with Gasteiger partial charge in [-0.1, -0.05) is 12.8 Å². The number of nitrogens with one attached hydrogen (secondary N) is 1. The molecule has 1 aromatic heterocycles. The van der Waals surface area contributed by atoms with Gasteiger partial charge in [-0.05, 0) is 42.9 Å². The number of ether oxygens (including phenoxy) is 2. The SMILES string of the molecule is NC(=O)c1sc2cc(CCC(=O)NN3CCOCC3)cc(OCC3CCCC3)c2c1N. The van der Waals surface area contributed by atoms with E-state index in [2.05, 4.69) is 5.43 Å². The van der Waals surface area contributed by atoms with Crippen LogP contribution in [-0.2, 0) is 16.0 Å². The number of rotatable bonds is 8. The van der Waals surface area contributed by atoms with E-state index < -0.39 is 5.91 Å². The molecule has 5 N–H and O–H groups in total. The van der Waals surface area contributed by atoms with E-state index in [9.17, 15) is 9.59 Å². The van der Waals surface area contributed by atoms with E-state index in [1.165, 1.54) is 37.0 Å². The van der Waals surface area contributed by atoms with E-state index in [0.29, 0.717) is 68.0 Å². The zero-order valence-corrected chi connectivity index (χ0v) is 18.5. The number of benzene rings is 1. The first-order chi connectivity index (χ1) is 15.0. The van der Waals surface area contributed by atoms with E-state index in [0.717, 1.165) is 15.6 Å². The van der Waals surface area contributed by atoms with Crippen LogP contribution in [0.25, 0.3) is 10.1 Å². The van der Waals surface area contributed by atoms with E-state index in [4.69, 9.17) is 20.9 Å². The lowest BCUT2D eigenvalue weighted by atomic mass is 10.1. The largest absolute Gasteiger partial charge is 0.493 e. The van der Waals surface area contributed by atoms with Gasteiger partial charge in [0, 0.05) is 24.2 Å². The van der Waals surface area contributed by atoms with Crippen molar-refractivity contribution >= 4 is 38.9 Å². The van der Waals surface area contributed by atoms with Gasteiger partial charge < -0.3 is 20.9 Å². The Morgan fingerprint density at radius 1 is 1.23 bits per heavy atom. The molecule has 9 heteroatoms. The Labute approximate surface area is 185 Å². The minimum absolute atomic E-state index is 0.0288. The fourth-order valence-electron chi connectivity index (χ4n) is 4.26. The number of hydrazine groups is 1. The summed E-state index contributed by atoms with van der Waals surface area (Å²) >= 11 is 1.28. The van der Waals surface area contributed by atoms with Crippen LogP contribution in [0.4, 0.5) is 5.69 Å². The maximum atomic E-state index is 12.4. The number of anilines is 1. The molecule has 1 saturated carbocycles. The second-order valence-electron chi connectivity index (χ2n) is 8.27. The van der Waals surface area contributed by atoms with Crippen molar-refractivity contribution < 1.29 is 19.1 Å². The van der Waals surface area contributed by atoms with Crippen LogP contribution < -0.4 is 21.6 Å². The van der Waals surface area contributed by atoms with Crippen LogP contribution in [-0.4, -0.2) is 49.7 Å². The standard InChI is InChI=1S/C22H30N4O4S/c23-20-19-16(30-13-14-3-1-2-4-14)11-15(12-17(19)31-21(20)22(24)28)5-6-18(27)25-26-7-9-29-10-8-26/h11-12,14H,1-10,13,23H2,(H2,24,28)(H,25,27). The summed E-state index contributed by atoms with van der Waals surface area (Å²) in [6, 6.07) is 3.93. The summed E-state index contributed by atoms with van der Waals surface area (Å²) in [6.07, 6.45) is 5.76. The molecular formula is C22H30N4O4S. The second kappa shape index (κ2) is 9.84. The molecule has 0 radical (unpaired) electrons. The highest BCUT2D eigenvalue weighted by Crippen LogP contribution is 2.41. The number of morpholine rings is 1. The maximum Gasteiger partial charge on any atom is 0.260 e. The van der Waals surface area contributed by atoms with Gasteiger partial charge in [0.25, 0.3) is 5.91 Å². The summed E-state index contributed by atoms with van der Waals surface area (Å²) in [5.74, 6) is 0.661. The van der Waals surface area contributed by atoms with Crippen molar-refractivity contribution in [3.63, 3.8) is 0 Å². The van der Waals surface area contributed by atoms with E-state index in [1.807, 2.05) is 17.1 Å². The number of fused-ring (bicyclic) bond motifs is 1. The fourth-order valence-corrected chi connectivity index (χ4v) is 5.32. The van der Waals surface area contributed by atoms with Crippen molar-refractivity contribution in [1.29, 1.82) is 0 Å². The first kappa shape index (κ1) is 21.9. The van der Waals surface area contributed by atoms with Gasteiger partial charge in [0.2, 0.25) is 5.91 Å². The lowest BCUT2D eigenvalue weighted by Gasteiger charge is -2.26. The van der Waals surface area contributed by atoms with Gasteiger partial charge in [0.1, 0.15) is 10.6 Å². The van der Waals surface area contributed by atoms with Crippen molar-refractivity contribution in [1.82, 2.24) is 10.4 Å². The first-order valence-electron chi connectivity index (χ1n) is 10.9. The Morgan fingerprint density at radius 2 is 1.97 bits per heavy atom. The molecule has 1 aliphatic heterocycles. The molecule has 0 unspecified atom stereocenters. The number of hydrogen-bond acceptors (Lipinski definition) is 7. The van der Waals surface area contributed by atoms with Crippen molar-refractivity contribution in [2.45, 2.75) is 38.5 Å². The molecule has 8 nitrogen and oxygen atoms in total. The lowest BCUT2D eigenvalue weighted by Crippen LogP contribution is -2.48. The molecule has 0 bridgehead atoms. The zero-order chi connectivity index (χ0) is 21.8. The number of thiophene rings is 1. The summed E-state index contributed by atoms with van der Waals surface area (Å²) in [4.78, 5) is 24.5. The predicted molar refractivity (Wildman–Crippen MR) is 121 cm³/mol. The van der Waals surface area contributed by atoms with E-state index in [-0.39, 0.29) is 5.91 Å². The van der Waals surface area contributed by atoms with Gasteiger partial charge >= 0.3 is 0 Å². The summed E-state index contributed by atoms with van der Waals surface area (Å²) in [7, 11) is 0. The predicted octanol–water partition coefficient (Wildman–Crippen LogP) is 2.45. The number of carbonyl (C=O) groups is 2. The molecule has 168 valence electrons. The third-order valence-corrected chi connectivity index (χ3v) is 7.13. The average Bonchev–Trinajstić information content (AvgIpc) is 3.39. The number of primary amides is 1. The first-order valence-corrected chi connectivity index (χ1v) is 11.7. The summed E-state index contributed by atoms with van der Waals surface area (Å²) in [5, 5.41) is 2.64. The average molecular weight is 447 g/mol. The number of nitrogens with two attached hydrogens (primary N) is 2. The minimum atomic E-state index is -0.535. The third kappa shape index (κ3) is 5.28. The van der Waals surface area contributed by atoms with Gasteiger partial charge in [-0.3, -0.25) is 15.0 Å². The Morgan fingerprint density at radius 3 is 2.68 bits per heavy atom. The van der Waals surface area contributed by atoms with E-state index in [1.54, 1.807) is 0 Å². The molecule has 2 aromatic rings. The summed E-state index contributed by atoms with van der Waals surface area (Å²) in [6.45, 7) is 3.28. The summed E-state index contributed by atoms with van der Waals surface area (Å²) in [5.41, 5.74) is 16.1. The fraction of sp³-hybridized carbons (Fsp3) is 0.545. The molecule has 31 heavy (non-hydrogen) atoms. The number of nitrogen functional groups attached to an aromatic ring is 1. The Balaban J connectivity index is 1.50. The van der Waals surface area contributed by atoms with Crippen LogP contribution in [0.2, 0.25) is 0 Å². The van der Waals surface area contributed by atoms with Crippen LogP contribution in [0.1, 0.15) is 47.3 Å². The maximum absolute atomic E-state index is 12.4. The second-order valence-corrected chi connectivity index (χ2v) is 9.32. The topological polar surface area (TPSA) is 120 Å². The van der Waals surface area contributed by atoms with Crippen molar-refractivity contribution in [3.8, 4) is 5.75 Å². The molecule has 0 spiro atoms.